The van der Waals surface area contributed by atoms with E-state index in [0.717, 1.165) is 0 Å². The molecule has 16 heteroatoms. The monoisotopic (exact) mass is 543 g/mol. The van der Waals surface area contributed by atoms with Crippen molar-refractivity contribution in [2.75, 3.05) is 31.7 Å². The van der Waals surface area contributed by atoms with Crippen molar-refractivity contribution in [2.24, 2.45) is 0 Å². The van der Waals surface area contributed by atoms with E-state index in [2.05, 4.69) is 20.3 Å². The van der Waals surface area contributed by atoms with Gasteiger partial charge in [0.15, 0.2) is 6.10 Å². The zero-order valence-corrected chi connectivity index (χ0v) is 20.7. The number of imidazole rings is 1. The molecular formula is C23H22FN7O8. The van der Waals surface area contributed by atoms with Gasteiger partial charge in [0.2, 0.25) is 11.8 Å². The molecule has 1 N–H and O–H groups in total. The Hall–Kier alpha value is -5.02. The third-order valence-corrected chi connectivity index (χ3v) is 5.92. The van der Waals surface area contributed by atoms with Gasteiger partial charge < -0.3 is 34.4 Å². The van der Waals surface area contributed by atoms with Gasteiger partial charge in [-0.2, -0.15) is 4.98 Å². The van der Waals surface area contributed by atoms with E-state index in [-0.39, 0.29) is 72.7 Å². The Morgan fingerprint density at radius 3 is 2.85 bits per heavy atom. The summed E-state index contributed by atoms with van der Waals surface area (Å²) < 4.78 is 38.4. The molecule has 0 spiro atoms. The Labute approximate surface area is 219 Å². The summed E-state index contributed by atoms with van der Waals surface area (Å²) in [5.74, 6) is -1.21. The first-order valence-corrected chi connectivity index (χ1v) is 11.7. The van der Waals surface area contributed by atoms with Gasteiger partial charge in [-0.15, -0.1) is 0 Å². The predicted octanol–water partition coefficient (Wildman–Crippen LogP) is 1.70. The smallest absolute Gasteiger partial charge is 0.414 e. The summed E-state index contributed by atoms with van der Waals surface area (Å²) in [6, 6.07) is 4.24. The maximum Gasteiger partial charge on any atom is 0.414 e. The van der Waals surface area contributed by atoms with Crippen molar-refractivity contribution in [3.8, 4) is 29.0 Å². The van der Waals surface area contributed by atoms with Crippen LogP contribution < -0.4 is 24.4 Å². The molecule has 2 atom stereocenters. The number of nitro groups is 1. The van der Waals surface area contributed by atoms with Crippen LogP contribution in [0.25, 0.3) is 11.1 Å². The van der Waals surface area contributed by atoms with Gasteiger partial charge in [-0.05, 0) is 23.1 Å². The Kier molecular flexibility index (Phi) is 6.83. The topological polar surface area (TPSA) is 173 Å². The molecule has 0 radical (unpaired) electrons. The second kappa shape index (κ2) is 10.4. The third kappa shape index (κ3) is 5.34. The minimum atomic E-state index is -0.656. The molecule has 0 unspecified atom stereocenters. The second-order valence-electron chi connectivity index (χ2n) is 8.64. The van der Waals surface area contributed by atoms with Crippen LogP contribution in [0.15, 0.2) is 30.6 Å². The Balaban J connectivity index is 1.29. The van der Waals surface area contributed by atoms with Gasteiger partial charge in [0, 0.05) is 23.7 Å². The molecule has 2 aliphatic heterocycles. The number of anilines is 1. The highest BCUT2D eigenvalue weighted by Gasteiger charge is 2.33. The number of hydrogen-bond donors (Lipinski definition) is 1. The van der Waals surface area contributed by atoms with Gasteiger partial charge in [0.1, 0.15) is 24.7 Å². The number of benzene rings is 1. The quantitative estimate of drug-likeness (QED) is 0.324. The molecular weight excluding hydrogens is 521 g/mol. The first-order valence-electron chi connectivity index (χ1n) is 11.7. The van der Waals surface area contributed by atoms with Gasteiger partial charge in [0.05, 0.1) is 38.0 Å². The summed E-state index contributed by atoms with van der Waals surface area (Å²) in [6.45, 7) is 1.93. The summed E-state index contributed by atoms with van der Waals surface area (Å²) in [5.41, 5.74) is 0.651. The fourth-order valence-electron chi connectivity index (χ4n) is 4.11. The molecule has 1 saturated heterocycles. The molecule has 2 aromatic heterocycles. The van der Waals surface area contributed by atoms with Crippen LogP contribution in [0.4, 0.5) is 20.7 Å². The summed E-state index contributed by atoms with van der Waals surface area (Å²) in [6.07, 6.45) is 0.795. The molecule has 39 heavy (non-hydrogen) atoms. The van der Waals surface area contributed by atoms with E-state index in [0.29, 0.717) is 0 Å². The van der Waals surface area contributed by atoms with Crippen LogP contribution in [0, 0.1) is 15.9 Å². The number of aromatic nitrogens is 4. The second-order valence-corrected chi connectivity index (χ2v) is 8.64. The largest absolute Gasteiger partial charge is 0.480 e. The molecule has 5 rings (SSSR count). The van der Waals surface area contributed by atoms with Crippen molar-refractivity contribution in [3.63, 3.8) is 0 Å². The van der Waals surface area contributed by atoms with Crippen molar-refractivity contribution in [2.45, 2.75) is 25.7 Å². The van der Waals surface area contributed by atoms with Crippen molar-refractivity contribution in [1.29, 1.82) is 0 Å². The van der Waals surface area contributed by atoms with E-state index in [1.165, 1.54) is 48.0 Å². The molecule has 15 nitrogen and oxygen atoms in total. The summed E-state index contributed by atoms with van der Waals surface area (Å²) in [7, 11) is 1.36. The first kappa shape index (κ1) is 25.6. The number of ether oxygens (including phenoxy) is 4. The first-order chi connectivity index (χ1) is 18.7. The number of carbonyl (C=O) groups excluding carboxylic acids is 2. The number of fused-ring (bicyclic) bond motifs is 1. The highest BCUT2D eigenvalue weighted by Crippen LogP contribution is 2.34. The minimum Gasteiger partial charge on any atom is -0.480 e. The molecule has 2 aliphatic rings. The van der Waals surface area contributed by atoms with E-state index in [4.69, 9.17) is 18.9 Å². The highest BCUT2D eigenvalue weighted by atomic mass is 19.1. The number of cyclic esters (lactones) is 1. The number of hydrogen-bond acceptors (Lipinski definition) is 11. The third-order valence-electron chi connectivity index (χ3n) is 5.92. The zero-order chi connectivity index (χ0) is 27.7. The van der Waals surface area contributed by atoms with Crippen LogP contribution in [-0.4, -0.2) is 75.5 Å². The van der Waals surface area contributed by atoms with Crippen LogP contribution in [0.1, 0.15) is 6.92 Å². The number of rotatable bonds is 8. The van der Waals surface area contributed by atoms with Gasteiger partial charge in [-0.25, -0.2) is 14.2 Å². The molecule has 0 bridgehead atoms. The van der Waals surface area contributed by atoms with Crippen LogP contribution >= 0.6 is 0 Å². The summed E-state index contributed by atoms with van der Waals surface area (Å²) in [5, 5.41) is 13.5. The fourth-order valence-corrected chi connectivity index (χ4v) is 4.11. The Bertz CT molecular complexity index is 1450. The Morgan fingerprint density at radius 1 is 1.31 bits per heavy atom. The standard InChI is InChI=1S/C23H22FN7O8/c1-12(32)25-6-14-9-30(23(33)39-14)13-3-4-16(18(24)5-13)17-7-26-21(28-20(17)36-2)38-15-8-29-10-19(31(34)35)27-22(29)37-11-15/h3-5,7,10,14-15H,6,8-9,11H2,1-2H3,(H,25,32)/t14-,15-/m0/s1. The molecule has 1 aromatic carbocycles. The fraction of sp³-hybridized carbons (Fsp3) is 0.348. The number of halogens is 1. The average molecular weight is 543 g/mol. The number of carbonyl (C=O) groups is 2. The normalized spacial score (nSPS) is 18.1. The lowest BCUT2D eigenvalue weighted by Gasteiger charge is -2.22. The van der Waals surface area contributed by atoms with Gasteiger partial charge in [-0.3, -0.25) is 14.3 Å². The van der Waals surface area contributed by atoms with Crippen LogP contribution in [-0.2, 0) is 16.1 Å². The van der Waals surface area contributed by atoms with Crippen molar-refractivity contribution >= 4 is 23.5 Å². The van der Waals surface area contributed by atoms with E-state index in [1.54, 1.807) is 6.07 Å². The van der Waals surface area contributed by atoms with Crippen LogP contribution in [0.2, 0.25) is 0 Å². The number of methoxy groups -OCH3 is 1. The van der Waals surface area contributed by atoms with E-state index in [1.807, 2.05) is 0 Å². The summed E-state index contributed by atoms with van der Waals surface area (Å²) in [4.78, 5) is 47.1. The molecule has 1 fully saturated rings. The number of amides is 2. The molecule has 204 valence electrons. The van der Waals surface area contributed by atoms with Gasteiger partial charge in [0.25, 0.3) is 0 Å². The maximum absolute atomic E-state index is 15.2. The van der Waals surface area contributed by atoms with E-state index >= 15 is 4.39 Å². The molecule has 3 aromatic rings. The molecule has 0 aliphatic carbocycles. The minimum absolute atomic E-state index is 0.0401. The van der Waals surface area contributed by atoms with Crippen molar-refractivity contribution in [3.05, 3.63) is 46.5 Å². The van der Waals surface area contributed by atoms with Crippen molar-refractivity contribution in [1.82, 2.24) is 24.8 Å². The lowest BCUT2D eigenvalue weighted by atomic mass is 10.1. The summed E-state index contributed by atoms with van der Waals surface area (Å²) >= 11 is 0. The SMILES string of the molecule is COc1nc(O[C@@H]2COc3nc([N+](=O)[O-])cn3C2)ncc1-c1ccc(N2C[C@H](CNC(C)=O)OC2=O)cc1F. The Morgan fingerprint density at radius 2 is 2.13 bits per heavy atom. The number of nitrogens with one attached hydrogen (secondary N) is 1. The maximum atomic E-state index is 15.2. The lowest BCUT2D eigenvalue weighted by molar-refractivity contribution is -0.389. The lowest BCUT2D eigenvalue weighted by Crippen LogP contribution is -2.35. The molecule has 2 amide bonds. The van der Waals surface area contributed by atoms with Crippen LogP contribution in [0.3, 0.4) is 0 Å². The van der Waals surface area contributed by atoms with Gasteiger partial charge >= 0.3 is 23.9 Å². The van der Waals surface area contributed by atoms with Gasteiger partial charge in [-0.1, -0.05) is 0 Å². The molecule has 0 saturated carbocycles. The van der Waals surface area contributed by atoms with Crippen LogP contribution in [0.5, 0.6) is 17.9 Å². The predicted molar refractivity (Wildman–Crippen MR) is 129 cm³/mol. The van der Waals surface area contributed by atoms with Crippen molar-refractivity contribution < 1.29 is 37.9 Å². The van der Waals surface area contributed by atoms with E-state index < -0.39 is 29.0 Å². The van der Waals surface area contributed by atoms with E-state index in [9.17, 15) is 19.7 Å². The average Bonchev–Trinajstić information content (AvgIpc) is 3.50. The zero-order valence-electron chi connectivity index (χ0n) is 20.7. The number of nitrogens with zero attached hydrogens (tertiary/aromatic N) is 6. The highest BCUT2D eigenvalue weighted by molar-refractivity contribution is 5.90. The molecule has 4 heterocycles.